The maximum atomic E-state index is 6.64. The minimum absolute atomic E-state index is 0.900. The Hall–Kier alpha value is -18.5. The third kappa shape index (κ3) is 13.3. The second-order valence-corrected chi connectivity index (χ2v) is 37.2. The van der Waals surface area contributed by atoms with Crippen molar-refractivity contribution < 1.29 is 13.3 Å². The number of fused-ring (bicyclic) bond motifs is 24. The van der Waals surface area contributed by atoms with E-state index in [9.17, 15) is 0 Å². The lowest BCUT2D eigenvalue weighted by Gasteiger charge is -2.18. The third-order valence-electron chi connectivity index (χ3n) is 29.5. The molecule has 0 aliphatic heterocycles. The average molecular weight is 1790 g/mol. The molecule has 0 aliphatic carbocycles. The average Bonchev–Trinajstić information content (AvgIpc) is 1.60. The number of benzene rings is 27. The molecule has 0 amide bonds. The Labute approximate surface area is 812 Å². The third-order valence-corrected chi connectivity index (χ3v) is 29.5. The zero-order chi connectivity index (χ0) is 92.7. The Morgan fingerprint density at radius 2 is 0.383 bits per heavy atom. The maximum absolute atomic E-state index is 6.64. The number of hydrogen-bond donors (Lipinski definition) is 0. The van der Waals surface area contributed by atoms with Crippen LogP contribution in [0.25, 0.3) is 295 Å². The molecule has 0 fully saturated rings. The molecule has 30 rings (SSSR count). The van der Waals surface area contributed by atoms with Crippen LogP contribution >= 0.6 is 0 Å². The zero-order valence-corrected chi connectivity index (χ0v) is 76.7. The van der Waals surface area contributed by atoms with Crippen LogP contribution in [0.15, 0.2) is 523 Å². The quantitative estimate of drug-likeness (QED) is 0.107. The smallest absolute Gasteiger partial charge is 0.136 e. The molecule has 3 aromatic heterocycles. The Bertz CT molecular complexity index is 10200. The molecule has 0 N–H and O–H groups in total. The monoisotopic (exact) mass is 1790 g/mol. The van der Waals surface area contributed by atoms with Crippen molar-refractivity contribution in [1.82, 2.24) is 0 Å². The second kappa shape index (κ2) is 33.2. The highest BCUT2D eigenvalue weighted by atomic mass is 16.3. The van der Waals surface area contributed by atoms with Crippen LogP contribution in [-0.4, -0.2) is 0 Å². The summed E-state index contributed by atoms with van der Waals surface area (Å²) in [5, 5.41) is 37.0. The second-order valence-electron chi connectivity index (χ2n) is 37.2. The van der Waals surface area contributed by atoms with Gasteiger partial charge in [-0.25, -0.2) is 0 Å². The SMILES string of the molecule is c1ccc(-c2c3ccccc3c(-c3ccc4oc5cc(-c6cc7ccccc7c7ccccc67)ccc5c4c3)c3ccccc23)cc1.c1ccc(-c2c3ccccc3c(-c3cccc4oc5ccc(-c6ccc7c(ccc8ccccc87)c6)cc5c34)c3ccccc23)cc1.c1ccc(-c2c3ccccc3c(-c3cccc4oc5cccc(-c6ccc7c(ccc8ccccc87)c6)c5c34)c3ccccc23)cc1. The molecule has 0 atom stereocenters. The molecule has 0 radical (unpaired) electrons. The highest BCUT2D eigenvalue weighted by molar-refractivity contribution is 6.30. The summed E-state index contributed by atoms with van der Waals surface area (Å²) in [5.74, 6) is 0. The molecule has 0 saturated heterocycles. The predicted molar refractivity (Wildman–Crippen MR) is 600 cm³/mol. The summed E-state index contributed by atoms with van der Waals surface area (Å²) in [4.78, 5) is 0. The van der Waals surface area contributed by atoms with E-state index in [4.69, 9.17) is 13.3 Å². The fraction of sp³-hybridized carbons (Fsp3) is 0. The summed E-state index contributed by atoms with van der Waals surface area (Å²) < 4.78 is 19.7. The van der Waals surface area contributed by atoms with Crippen LogP contribution in [0, 0.1) is 0 Å². The lowest BCUT2D eigenvalue weighted by atomic mass is 9.84. The van der Waals surface area contributed by atoms with E-state index in [-0.39, 0.29) is 0 Å². The van der Waals surface area contributed by atoms with Crippen LogP contribution in [-0.2, 0) is 0 Å². The summed E-state index contributed by atoms with van der Waals surface area (Å²) in [6, 6.07) is 184. The summed E-state index contributed by atoms with van der Waals surface area (Å²) in [5.41, 5.74) is 27.4. The minimum atomic E-state index is 0.900. The molecule has 0 unspecified atom stereocenters. The van der Waals surface area contributed by atoms with Gasteiger partial charge in [0, 0.05) is 32.3 Å². The Morgan fingerprint density at radius 1 is 0.0993 bits per heavy atom. The van der Waals surface area contributed by atoms with E-state index in [1.807, 2.05) is 0 Å². The van der Waals surface area contributed by atoms with Gasteiger partial charge < -0.3 is 13.3 Å². The van der Waals surface area contributed by atoms with E-state index < -0.39 is 0 Å². The topological polar surface area (TPSA) is 39.4 Å². The molecular weight excluding hydrogens is 1710 g/mol. The van der Waals surface area contributed by atoms with Crippen LogP contribution in [0.5, 0.6) is 0 Å². The van der Waals surface area contributed by atoms with E-state index in [2.05, 4.69) is 510 Å². The van der Waals surface area contributed by atoms with Crippen LogP contribution in [0.2, 0.25) is 0 Å². The van der Waals surface area contributed by atoms with Gasteiger partial charge in [-0.05, 0) is 302 Å². The first-order valence-electron chi connectivity index (χ1n) is 48.6. The fourth-order valence-electron chi connectivity index (χ4n) is 23.3. The fourth-order valence-corrected chi connectivity index (χ4v) is 23.3. The van der Waals surface area contributed by atoms with Crippen LogP contribution in [0.3, 0.4) is 0 Å². The standard InChI is InChI=1S/3C46H28O/c1-2-13-30(14-3-1)43-36-16-6-8-18-38(36)44(39-19-9-7-17-37(39)43)40-21-11-23-42-46(40)45-35(20-10-22-41(45)47-42)32-26-27-34-31(28-32)25-24-29-12-4-5-15-33(29)34;1-2-12-30(13-3-1)44-36-15-6-8-17-38(36)45(39-18-9-7-16-37(39)44)40-19-10-20-43-46(40)41-28-32(24-26-42(41)47-43)31-23-25-35-33(27-31)22-21-29-11-4-5-14-34(29)35;1-2-12-29(13-3-1)45-37-18-8-10-20-39(37)46(40-21-11-9-19-38(40)45)32-23-25-43-42(27-32)36-24-22-31(28-44(36)47-43)41-26-30-14-4-5-15-33(30)34-16-6-7-17-35(34)41/h3*1-28H. The lowest BCUT2D eigenvalue weighted by Crippen LogP contribution is -1.91. The van der Waals surface area contributed by atoms with Gasteiger partial charge in [0.1, 0.15) is 33.5 Å². The van der Waals surface area contributed by atoms with Crippen molar-refractivity contribution in [2.24, 2.45) is 0 Å². The van der Waals surface area contributed by atoms with E-state index in [0.717, 1.165) is 71.4 Å². The first-order chi connectivity index (χ1) is 70.0. The summed E-state index contributed by atoms with van der Waals surface area (Å²) in [6.07, 6.45) is 0. The number of hydrogen-bond acceptors (Lipinski definition) is 3. The normalized spacial score (nSPS) is 11.8. The summed E-state index contributed by atoms with van der Waals surface area (Å²) in [7, 11) is 0. The van der Waals surface area contributed by atoms with Crippen LogP contribution in [0.4, 0.5) is 0 Å². The molecule has 3 heterocycles. The largest absolute Gasteiger partial charge is 0.456 e. The van der Waals surface area contributed by atoms with Gasteiger partial charge in [-0.1, -0.05) is 437 Å². The van der Waals surface area contributed by atoms with E-state index >= 15 is 0 Å². The van der Waals surface area contributed by atoms with Gasteiger partial charge in [0.05, 0.1) is 0 Å². The summed E-state index contributed by atoms with van der Waals surface area (Å²) >= 11 is 0. The molecule has 0 bridgehead atoms. The van der Waals surface area contributed by atoms with Crippen molar-refractivity contribution in [3.63, 3.8) is 0 Å². The molecule has 141 heavy (non-hydrogen) atoms. The van der Waals surface area contributed by atoms with Gasteiger partial charge in [0.25, 0.3) is 0 Å². The summed E-state index contributed by atoms with van der Waals surface area (Å²) in [6.45, 7) is 0. The Morgan fingerprint density at radius 3 is 0.858 bits per heavy atom. The van der Waals surface area contributed by atoms with Gasteiger partial charge in [0.15, 0.2) is 0 Å². The van der Waals surface area contributed by atoms with Crippen molar-refractivity contribution in [1.29, 1.82) is 0 Å². The first-order valence-corrected chi connectivity index (χ1v) is 48.6. The van der Waals surface area contributed by atoms with Crippen molar-refractivity contribution in [3.8, 4) is 100 Å². The molecule has 3 nitrogen and oxygen atoms in total. The molecule has 27 aromatic carbocycles. The molecule has 0 spiro atoms. The van der Waals surface area contributed by atoms with Gasteiger partial charge in [-0.2, -0.15) is 0 Å². The highest BCUT2D eigenvalue weighted by Gasteiger charge is 2.27. The molecular formula is C138H84O3. The Kier molecular flexibility index (Phi) is 19.0. The first kappa shape index (κ1) is 80.9. The van der Waals surface area contributed by atoms with Crippen molar-refractivity contribution in [3.05, 3.63) is 510 Å². The van der Waals surface area contributed by atoms with Gasteiger partial charge >= 0.3 is 0 Å². The van der Waals surface area contributed by atoms with Crippen LogP contribution in [0.1, 0.15) is 0 Å². The van der Waals surface area contributed by atoms with Gasteiger partial charge in [-0.3, -0.25) is 0 Å². The van der Waals surface area contributed by atoms with Gasteiger partial charge in [-0.15, -0.1) is 0 Å². The molecule has 3 heteroatoms. The lowest BCUT2D eigenvalue weighted by molar-refractivity contribution is 0.668. The molecule has 0 aliphatic rings. The van der Waals surface area contributed by atoms with Crippen LogP contribution < -0.4 is 0 Å². The number of furan rings is 3. The number of rotatable bonds is 9. The highest BCUT2D eigenvalue weighted by Crippen LogP contribution is 2.53. The van der Waals surface area contributed by atoms with E-state index in [1.165, 1.54) is 224 Å². The maximum Gasteiger partial charge on any atom is 0.136 e. The molecule has 654 valence electrons. The van der Waals surface area contributed by atoms with Crippen molar-refractivity contribution >= 4 is 195 Å². The zero-order valence-electron chi connectivity index (χ0n) is 76.7. The van der Waals surface area contributed by atoms with E-state index in [1.54, 1.807) is 0 Å². The predicted octanol–water partition coefficient (Wildman–Crippen LogP) is 39.6. The molecule has 0 saturated carbocycles. The van der Waals surface area contributed by atoms with Crippen molar-refractivity contribution in [2.75, 3.05) is 0 Å². The molecule has 30 aromatic rings. The van der Waals surface area contributed by atoms with E-state index in [0.29, 0.717) is 0 Å². The minimum Gasteiger partial charge on any atom is -0.456 e. The Balaban J connectivity index is 0.000000104. The van der Waals surface area contributed by atoms with Crippen molar-refractivity contribution in [2.45, 2.75) is 0 Å². The van der Waals surface area contributed by atoms with Gasteiger partial charge in [0.2, 0.25) is 0 Å².